The highest BCUT2D eigenvalue weighted by atomic mass is 16.7. The van der Waals surface area contributed by atoms with Crippen molar-refractivity contribution in [3.63, 3.8) is 0 Å². The van der Waals surface area contributed by atoms with Crippen LogP contribution in [0.3, 0.4) is 0 Å². The molecule has 0 aliphatic carbocycles. The molecule has 1 aromatic carbocycles. The van der Waals surface area contributed by atoms with Crippen molar-refractivity contribution in [2.45, 2.75) is 38.6 Å². The maximum Gasteiger partial charge on any atom is 0.162 e. The molecule has 2 rings (SSSR count). The molecule has 1 aliphatic heterocycles. The fourth-order valence-corrected chi connectivity index (χ4v) is 2.36. The van der Waals surface area contributed by atoms with Crippen LogP contribution in [0.5, 0.6) is 11.5 Å². The first-order valence-electron chi connectivity index (χ1n) is 7.21. The molecule has 5 nitrogen and oxygen atoms in total. The number of nitrogens with one attached hydrogen (secondary N) is 1. The monoisotopic (exact) mass is 295 g/mol. The molecule has 0 radical (unpaired) electrons. The van der Waals surface area contributed by atoms with Gasteiger partial charge in [0.05, 0.1) is 33.5 Å². The summed E-state index contributed by atoms with van der Waals surface area (Å²) in [6.07, 6.45) is 0. The number of benzene rings is 1. The van der Waals surface area contributed by atoms with E-state index in [2.05, 4.69) is 12.2 Å². The molecular formula is C16H25NO4. The molecule has 0 bridgehead atoms. The average Bonchev–Trinajstić information content (AvgIpc) is 2.48. The number of hydrogen-bond donors (Lipinski definition) is 1. The second-order valence-electron chi connectivity index (χ2n) is 5.72. The van der Waals surface area contributed by atoms with E-state index in [-0.39, 0.29) is 12.1 Å². The summed E-state index contributed by atoms with van der Waals surface area (Å²) in [4.78, 5) is 0. The van der Waals surface area contributed by atoms with Gasteiger partial charge in [-0.2, -0.15) is 0 Å². The Bertz CT molecular complexity index is 465. The molecule has 0 spiro atoms. The topological polar surface area (TPSA) is 49.0 Å². The van der Waals surface area contributed by atoms with Crippen molar-refractivity contribution >= 4 is 0 Å². The Morgan fingerprint density at radius 1 is 1.14 bits per heavy atom. The Balaban J connectivity index is 1.99. The average molecular weight is 295 g/mol. The van der Waals surface area contributed by atoms with Crippen molar-refractivity contribution in [1.29, 1.82) is 0 Å². The van der Waals surface area contributed by atoms with Crippen LogP contribution in [0, 0.1) is 0 Å². The maximum atomic E-state index is 5.67. The molecule has 1 unspecified atom stereocenters. The van der Waals surface area contributed by atoms with Gasteiger partial charge in [0.15, 0.2) is 17.3 Å². The third-order valence-electron chi connectivity index (χ3n) is 3.66. The Labute approximate surface area is 126 Å². The van der Waals surface area contributed by atoms with E-state index in [0.717, 1.165) is 17.1 Å². The van der Waals surface area contributed by atoms with Crippen LogP contribution in [-0.2, 0) is 9.47 Å². The van der Waals surface area contributed by atoms with E-state index < -0.39 is 5.79 Å². The van der Waals surface area contributed by atoms with Crippen molar-refractivity contribution in [1.82, 2.24) is 5.32 Å². The molecule has 1 aliphatic rings. The third kappa shape index (κ3) is 4.09. The van der Waals surface area contributed by atoms with Crippen LogP contribution < -0.4 is 14.8 Å². The summed E-state index contributed by atoms with van der Waals surface area (Å²) in [7, 11) is 3.28. The van der Waals surface area contributed by atoms with Crippen LogP contribution in [0.4, 0.5) is 0 Å². The van der Waals surface area contributed by atoms with E-state index in [4.69, 9.17) is 18.9 Å². The predicted octanol–water partition coefficient (Wildman–Crippen LogP) is 2.51. The fraction of sp³-hybridized carbons (Fsp3) is 0.625. The standard InChI is InChI=1S/C16H25NO4/c1-11(17-13-9-20-16(2,3)21-10-13)12-6-7-14(18-4)15(8-12)19-5/h6-8,11,13,17H,9-10H2,1-5H3. The lowest BCUT2D eigenvalue weighted by atomic mass is 10.1. The molecule has 1 fully saturated rings. The van der Waals surface area contributed by atoms with E-state index in [9.17, 15) is 0 Å². The molecule has 1 heterocycles. The Morgan fingerprint density at radius 2 is 1.76 bits per heavy atom. The van der Waals surface area contributed by atoms with E-state index in [1.165, 1.54) is 0 Å². The van der Waals surface area contributed by atoms with Crippen LogP contribution >= 0.6 is 0 Å². The molecular weight excluding hydrogens is 270 g/mol. The first-order chi connectivity index (χ1) is 9.95. The number of methoxy groups -OCH3 is 2. The summed E-state index contributed by atoms with van der Waals surface area (Å²) < 4.78 is 21.9. The van der Waals surface area contributed by atoms with E-state index in [0.29, 0.717) is 13.2 Å². The Morgan fingerprint density at radius 3 is 2.33 bits per heavy atom. The van der Waals surface area contributed by atoms with Crippen molar-refractivity contribution in [3.05, 3.63) is 23.8 Å². The zero-order chi connectivity index (χ0) is 15.5. The normalized spacial score (nSPS) is 20.0. The summed E-state index contributed by atoms with van der Waals surface area (Å²) in [5.74, 6) is 0.991. The fourth-order valence-electron chi connectivity index (χ4n) is 2.36. The lowest BCUT2D eigenvalue weighted by molar-refractivity contribution is -0.253. The van der Waals surface area contributed by atoms with Crippen molar-refractivity contribution in [3.8, 4) is 11.5 Å². The van der Waals surface area contributed by atoms with Gasteiger partial charge in [-0.3, -0.25) is 0 Å². The number of rotatable bonds is 5. The Kier molecular flexibility index (Phi) is 5.08. The van der Waals surface area contributed by atoms with Crippen LogP contribution in [0.2, 0.25) is 0 Å². The van der Waals surface area contributed by atoms with Gasteiger partial charge in [0.25, 0.3) is 0 Å². The molecule has 1 atom stereocenters. The largest absolute Gasteiger partial charge is 0.493 e. The molecule has 21 heavy (non-hydrogen) atoms. The molecule has 1 aromatic rings. The molecule has 1 saturated heterocycles. The van der Waals surface area contributed by atoms with Crippen LogP contribution in [0.1, 0.15) is 32.4 Å². The van der Waals surface area contributed by atoms with E-state index >= 15 is 0 Å². The van der Waals surface area contributed by atoms with E-state index in [1.807, 2.05) is 32.0 Å². The first-order valence-corrected chi connectivity index (χ1v) is 7.21. The van der Waals surface area contributed by atoms with Gasteiger partial charge in [-0.05, 0) is 38.5 Å². The van der Waals surface area contributed by atoms with Gasteiger partial charge >= 0.3 is 0 Å². The minimum Gasteiger partial charge on any atom is -0.493 e. The number of ether oxygens (including phenoxy) is 4. The first kappa shape index (κ1) is 16.1. The van der Waals surface area contributed by atoms with Crippen molar-refractivity contribution in [2.24, 2.45) is 0 Å². The van der Waals surface area contributed by atoms with Crippen LogP contribution in [0.15, 0.2) is 18.2 Å². The van der Waals surface area contributed by atoms with Crippen LogP contribution in [-0.4, -0.2) is 39.3 Å². The summed E-state index contributed by atoms with van der Waals surface area (Å²) in [6, 6.07) is 6.30. The highest BCUT2D eigenvalue weighted by molar-refractivity contribution is 5.43. The second-order valence-corrected chi connectivity index (χ2v) is 5.72. The van der Waals surface area contributed by atoms with Gasteiger partial charge in [-0.25, -0.2) is 0 Å². The summed E-state index contributed by atoms with van der Waals surface area (Å²) in [5.41, 5.74) is 1.14. The third-order valence-corrected chi connectivity index (χ3v) is 3.66. The van der Waals surface area contributed by atoms with E-state index in [1.54, 1.807) is 14.2 Å². The summed E-state index contributed by atoms with van der Waals surface area (Å²) in [5, 5.41) is 3.52. The molecule has 0 amide bonds. The molecule has 1 N–H and O–H groups in total. The lowest BCUT2D eigenvalue weighted by Gasteiger charge is -2.36. The highest BCUT2D eigenvalue weighted by Crippen LogP contribution is 2.30. The molecule has 118 valence electrons. The van der Waals surface area contributed by atoms with Crippen molar-refractivity contribution in [2.75, 3.05) is 27.4 Å². The molecule has 0 aromatic heterocycles. The molecule has 0 saturated carbocycles. The smallest absolute Gasteiger partial charge is 0.162 e. The zero-order valence-corrected chi connectivity index (χ0v) is 13.4. The molecule has 5 heteroatoms. The van der Waals surface area contributed by atoms with Gasteiger partial charge in [0, 0.05) is 6.04 Å². The number of hydrogen-bond acceptors (Lipinski definition) is 5. The predicted molar refractivity (Wildman–Crippen MR) is 80.9 cm³/mol. The SMILES string of the molecule is COc1ccc(C(C)NC2COC(C)(C)OC2)cc1OC. The Hall–Kier alpha value is -1.30. The maximum absolute atomic E-state index is 5.67. The van der Waals surface area contributed by atoms with Gasteiger partial charge in [-0.1, -0.05) is 6.07 Å². The van der Waals surface area contributed by atoms with Gasteiger partial charge in [-0.15, -0.1) is 0 Å². The lowest BCUT2D eigenvalue weighted by Crippen LogP contribution is -2.49. The van der Waals surface area contributed by atoms with Gasteiger partial charge < -0.3 is 24.3 Å². The minimum atomic E-state index is -0.481. The zero-order valence-electron chi connectivity index (χ0n) is 13.4. The van der Waals surface area contributed by atoms with Crippen LogP contribution in [0.25, 0.3) is 0 Å². The quantitative estimate of drug-likeness (QED) is 0.904. The second kappa shape index (κ2) is 6.64. The minimum absolute atomic E-state index is 0.170. The summed E-state index contributed by atoms with van der Waals surface area (Å²) in [6.45, 7) is 7.26. The summed E-state index contributed by atoms with van der Waals surface area (Å²) >= 11 is 0. The van der Waals surface area contributed by atoms with Gasteiger partial charge in [0.1, 0.15) is 0 Å². The van der Waals surface area contributed by atoms with Crippen molar-refractivity contribution < 1.29 is 18.9 Å². The van der Waals surface area contributed by atoms with Gasteiger partial charge in [0.2, 0.25) is 0 Å². The highest BCUT2D eigenvalue weighted by Gasteiger charge is 2.29.